The number of hydrogen-bond acceptors (Lipinski definition) is 1. The van der Waals surface area contributed by atoms with Crippen molar-refractivity contribution in [2.75, 3.05) is 0 Å². The van der Waals surface area contributed by atoms with Gasteiger partial charge in [-0.15, -0.1) is 0 Å². The number of aryl methyl sites for hydroxylation is 2. The summed E-state index contributed by atoms with van der Waals surface area (Å²) in [4.78, 5) is 4.21. The van der Waals surface area contributed by atoms with Crippen molar-refractivity contribution in [3.63, 3.8) is 0 Å². The quantitative estimate of drug-likeness (QED) is 0.697. The molecule has 0 unspecified atom stereocenters. The Morgan fingerprint density at radius 3 is 2.71 bits per heavy atom. The minimum atomic E-state index is -0.224. The van der Waals surface area contributed by atoms with Crippen molar-refractivity contribution in [2.24, 2.45) is 0 Å². The molecule has 2 aromatic rings. The Balaban J connectivity index is 2.89. The van der Waals surface area contributed by atoms with Crippen molar-refractivity contribution in [3.05, 3.63) is 39.7 Å². The van der Waals surface area contributed by atoms with Gasteiger partial charge < -0.3 is 0 Å². The number of fused-ring (bicyclic) bond motifs is 1. The van der Waals surface area contributed by atoms with Gasteiger partial charge in [0.2, 0.25) is 0 Å². The van der Waals surface area contributed by atoms with E-state index in [9.17, 15) is 4.39 Å². The van der Waals surface area contributed by atoms with E-state index in [2.05, 4.69) is 20.9 Å². The summed E-state index contributed by atoms with van der Waals surface area (Å²) < 4.78 is 14.5. The van der Waals surface area contributed by atoms with Crippen LogP contribution in [0.15, 0.2) is 22.7 Å². The highest BCUT2D eigenvalue weighted by Gasteiger charge is 2.07. The molecule has 3 heteroatoms. The van der Waals surface area contributed by atoms with Gasteiger partial charge in [-0.25, -0.2) is 9.37 Å². The molecule has 0 spiro atoms. The molecule has 0 atom stereocenters. The fraction of sp³-hybridized carbons (Fsp3) is 0.182. The minimum Gasteiger partial charge on any atom is -0.249 e. The van der Waals surface area contributed by atoms with E-state index in [1.165, 1.54) is 0 Å². The van der Waals surface area contributed by atoms with Gasteiger partial charge in [-0.3, -0.25) is 0 Å². The van der Waals surface area contributed by atoms with Crippen LogP contribution < -0.4 is 0 Å². The van der Waals surface area contributed by atoms with Crippen LogP contribution in [0.1, 0.15) is 11.3 Å². The smallest absolute Gasteiger partial charge is 0.152 e. The van der Waals surface area contributed by atoms with E-state index in [1.54, 1.807) is 13.0 Å². The number of pyridine rings is 1. The second kappa shape index (κ2) is 3.31. The molecule has 1 aromatic carbocycles. The molecular weight excluding hydrogens is 245 g/mol. The monoisotopic (exact) mass is 253 g/mol. The number of halogens is 2. The Labute approximate surface area is 90.1 Å². The lowest BCUT2D eigenvalue weighted by Gasteiger charge is -2.04. The number of nitrogens with zero attached hydrogens (tertiary/aromatic N) is 1. The summed E-state index contributed by atoms with van der Waals surface area (Å²) in [7, 11) is 0. The van der Waals surface area contributed by atoms with Gasteiger partial charge in [0.25, 0.3) is 0 Å². The molecule has 72 valence electrons. The lowest BCUT2D eigenvalue weighted by Crippen LogP contribution is -1.91. The standard InChI is InChI=1S/C11H9BrFN/c1-6-3-4-8-5-9(12)7(2)14-11(8)10(6)13/h3-5H,1-2H3. The molecule has 0 bridgehead atoms. The summed E-state index contributed by atoms with van der Waals surface area (Å²) in [6, 6.07) is 5.53. The zero-order valence-electron chi connectivity index (χ0n) is 7.94. The van der Waals surface area contributed by atoms with Gasteiger partial charge in [0, 0.05) is 9.86 Å². The molecular formula is C11H9BrFN. The number of hydrogen-bond donors (Lipinski definition) is 0. The predicted molar refractivity (Wildman–Crippen MR) is 58.9 cm³/mol. The highest BCUT2D eigenvalue weighted by molar-refractivity contribution is 9.10. The first-order valence-electron chi connectivity index (χ1n) is 4.31. The third kappa shape index (κ3) is 1.42. The second-order valence-electron chi connectivity index (χ2n) is 3.32. The lowest BCUT2D eigenvalue weighted by atomic mass is 10.1. The first-order chi connectivity index (χ1) is 6.59. The van der Waals surface area contributed by atoms with Crippen molar-refractivity contribution in [3.8, 4) is 0 Å². The average Bonchev–Trinajstić information content (AvgIpc) is 2.15. The molecule has 0 radical (unpaired) electrons. The zero-order valence-corrected chi connectivity index (χ0v) is 9.52. The Kier molecular flexibility index (Phi) is 2.27. The van der Waals surface area contributed by atoms with Gasteiger partial charge in [0.05, 0.1) is 5.69 Å². The minimum absolute atomic E-state index is 0.224. The Hall–Kier alpha value is -0.960. The van der Waals surface area contributed by atoms with Gasteiger partial charge in [-0.05, 0) is 41.4 Å². The molecule has 0 aliphatic carbocycles. The molecule has 0 fully saturated rings. The molecule has 1 aromatic heterocycles. The lowest BCUT2D eigenvalue weighted by molar-refractivity contribution is 0.627. The second-order valence-corrected chi connectivity index (χ2v) is 4.18. The molecule has 0 aliphatic rings. The topological polar surface area (TPSA) is 12.9 Å². The van der Waals surface area contributed by atoms with Gasteiger partial charge in [-0.2, -0.15) is 0 Å². The molecule has 0 saturated carbocycles. The van der Waals surface area contributed by atoms with Gasteiger partial charge >= 0.3 is 0 Å². The van der Waals surface area contributed by atoms with Crippen molar-refractivity contribution in [2.45, 2.75) is 13.8 Å². The van der Waals surface area contributed by atoms with Crippen LogP contribution in [0, 0.1) is 19.7 Å². The van der Waals surface area contributed by atoms with Crippen molar-refractivity contribution >= 4 is 26.8 Å². The van der Waals surface area contributed by atoms with Crippen LogP contribution in [-0.4, -0.2) is 4.98 Å². The number of rotatable bonds is 0. The average molecular weight is 254 g/mol. The van der Waals surface area contributed by atoms with E-state index < -0.39 is 0 Å². The predicted octanol–water partition coefficient (Wildman–Crippen LogP) is 3.75. The van der Waals surface area contributed by atoms with E-state index >= 15 is 0 Å². The highest BCUT2D eigenvalue weighted by atomic mass is 79.9. The first kappa shape index (κ1) is 9.59. The summed E-state index contributed by atoms with van der Waals surface area (Å²) in [5.74, 6) is -0.224. The molecule has 2 rings (SSSR count). The van der Waals surface area contributed by atoms with E-state index in [0.29, 0.717) is 11.1 Å². The normalized spacial score (nSPS) is 10.9. The maximum atomic E-state index is 13.6. The van der Waals surface area contributed by atoms with Crippen LogP contribution in [0.3, 0.4) is 0 Å². The fourth-order valence-electron chi connectivity index (χ4n) is 1.37. The van der Waals surface area contributed by atoms with Crippen LogP contribution in [0.2, 0.25) is 0 Å². The largest absolute Gasteiger partial charge is 0.249 e. The summed E-state index contributed by atoms with van der Waals surface area (Å²) in [6.07, 6.45) is 0. The maximum absolute atomic E-state index is 13.6. The van der Waals surface area contributed by atoms with Gasteiger partial charge in [0.15, 0.2) is 5.82 Å². The van der Waals surface area contributed by atoms with Gasteiger partial charge in [0.1, 0.15) is 5.52 Å². The molecule has 0 aliphatic heterocycles. The molecule has 1 heterocycles. The van der Waals surface area contributed by atoms with E-state index in [-0.39, 0.29) is 5.82 Å². The Bertz CT molecular complexity index is 508. The Morgan fingerprint density at radius 1 is 1.29 bits per heavy atom. The number of benzene rings is 1. The first-order valence-corrected chi connectivity index (χ1v) is 5.11. The third-order valence-corrected chi connectivity index (χ3v) is 3.05. The van der Waals surface area contributed by atoms with Gasteiger partial charge in [-0.1, -0.05) is 12.1 Å². The van der Waals surface area contributed by atoms with Crippen molar-refractivity contribution < 1.29 is 4.39 Å². The van der Waals surface area contributed by atoms with Crippen molar-refractivity contribution in [1.29, 1.82) is 0 Å². The van der Waals surface area contributed by atoms with Crippen LogP contribution in [-0.2, 0) is 0 Å². The molecule has 14 heavy (non-hydrogen) atoms. The highest BCUT2D eigenvalue weighted by Crippen LogP contribution is 2.24. The molecule has 0 N–H and O–H groups in total. The Morgan fingerprint density at radius 2 is 2.00 bits per heavy atom. The summed E-state index contributed by atoms with van der Waals surface area (Å²) in [6.45, 7) is 3.60. The molecule has 0 saturated heterocycles. The fourth-order valence-corrected chi connectivity index (χ4v) is 1.71. The number of aromatic nitrogens is 1. The third-order valence-electron chi connectivity index (χ3n) is 2.25. The van der Waals surface area contributed by atoms with Crippen LogP contribution in [0.4, 0.5) is 4.39 Å². The van der Waals surface area contributed by atoms with E-state index in [1.807, 2.05) is 19.1 Å². The summed E-state index contributed by atoms with van der Waals surface area (Å²) in [5.41, 5.74) is 1.89. The van der Waals surface area contributed by atoms with Crippen LogP contribution in [0.25, 0.3) is 10.9 Å². The van der Waals surface area contributed by atoms with E-state index in [4.69, 9.17) is 0 Å². The summed E-state index contributed by atoms with van der Waals surface area (Å²) >= 11 is 3.37. The molecule has 0 amide bonds. The van der Waals surface area contributed by atoms with Crippen molar-refractivity contribution in [1.82, 2.24) is 4.98 Å². The van der Waals surface area contributed by atoms with E-state index in [0.717, 1.165) is 15.6 Å². The summed E-state index contributed by atoms with van der Waals surface area (Å²) in [5, 5.41) is 0.825. The zero-order chi connectivity index (χ0) is 10.3. The SMILES string of the molecule is Cc1ccc2cc(Br)c(C)nc2c1F. The molecule has 1 nitrogen and oxygen atoms in total. The maximum Gasteiger partial charge on any atom is 0.152 e. The van der Waals surface area contributed by atoms with Crippen LogP contribution in [0.5, 0.6) is 0 Å². The van der Waals surface area contributed by atoms with Crippen LogP contribution >= 0.6 is 15.9 Å².